The Morgan fingerprint density at radius 1 is 1.35 bits per heavy atom. The van der Waals surface area contributed by atoms with Crippen LogP contribution in [0, 0.1) is 0 Å². The second-order valence-electron chi connectivity index (χ2n) is 4.02. The van der Waals surface area contributed by atoms with Gasteiger partial charge >= 0.3 is 0 Å². The van der Waals surface area contributed by atoms with Gasteiger partial charge in [-0.1, -0.05) is 19.1 Å². The van der Waals surface area contributed by atoms with Crippen molar-refractivity contribution in [2.45, 2.75) is 33.1 Å². The van der Waals surface area contributed by atoms with Crippen LogP contribution >= 0.6 is 0 Å². The number of carbonyl (C=O) groups is 1. The molecule has 1 aliphatic rings. The molecular weight excluding hydrogens is 216 g/mol. The molecule has 0 aliphatic heterocycles. The molecule has 1 rings (SSSR count). The first-order chi connectivity index (χ1) is 8.04. The molecule has 0 saturated heterocycles. The summed E-state index contributed by atoms with van der Waals surface area (Å²) in [6.07, 6.45) is 8.22. The summed E-state index contributed by atoms with van der Waals surface area (Å²) in [5.74, 6) is 0.506. The number of carbonyl (C=O) groups excluding carboxylic acids is 1. The van der Waals surface area contributed by atoms with E-state index in [9.17, 15) is 15.0 Å². The van der Waals surface area contributed by atoms with E-state index < -0.39 is 0 Å². The molecule has 0 aromatic rings. The zero-order valence-corrected chi connectivity index (χ0v) is 10.2. The Hall–Kier alpha value is -1.77. The molecule has 0 heterocycles. The number of hydrogen-bond donors (Lipinski definition) is 2. The highest BCUT2D eigenvalue weighted by Crippen LogP contribution is 2.25. The van der Waals surface area contributed by atoms with Gasteiger partial charge in [-0.2, -0.15) is 0 Å². The Labute approximate surface area is 101 Å². The Balaban J connectivity index is 2.97. The van der Waals surface area contributed by atoms with Crippen LogP contribution in [-0.2, 0) is 4.79 Å². The smallest absolute Gasteiger partial charge is 0.152 e. The largest absolute Gasteiger partial charge is 0.512 e. The zero-order chi connectivity index (χ0) is 12.8. The van der Waals surface area contributed by atoms with Crippen LogP contribution in [0.3, 0.4) is 0 Å². The summed E-state index contributed by atoms with van der Waals surface area (Å²) in [5.41, 5.74) is 1.54. The van der Waals surface area contributed by atoms with Gasteiger partial charge in [0.2, 0.25) is 0 Å². The second-order valence-corrected chi connectivity index (χ2v) is 4.02. The number of rotatable bonds is 4. The van der Waals surface area contributed by atoms with Crippen LogP contribution in [-0.4, -0.2) is 16.0 Å². The van der Waals surface area contributed by atoms with Crippen LogP contribution in [0.1, 0.15) is 33.1 Å². The molecule has 0 radical (unpaired) electrons. The lowest BCUT2D eigenvalue weighted by Gasteiger charge is -2.12. The first-order valence-electron chi connectivity index (χ1n) is 5.74. The lowest BCUT2D eigenvalue weighted by molar-refractivity contribution is -0.112. The summed E-state index contributed by atoms with van der Waals surface area (Å²) in [6.45, 7) is 3.40. The summed E-state index contributed by atoms with van der Waals surface area (Å²) in [7, 11) is 0. The normalized spacial score (nSPS) is 17.5. The van der Waals surface area contributed by atoms with E-state index >= 15 is 0 Å². The highest BCUT2D eigenvalue weighted by molar-refractivity contribution is 5.87. The van der Waals surface area contributed by atoms with Crippen molar-refractivity contribution in [3.8, 4) is 0 Å². The topological polar surface area (TPSA) is 57.5 Å². The van der Waals surface area contributed by atoms with Crippen LogP contribution in [0.4, 0.5) is 0 Å². The van der Waals surface area contributed by atoms with E-state index in [-0.39, 0.29) is 11.5 Å². The van der Waals surface area contributed by atoms with Gasteiger partial charge in [0.1, 0.15) is 5.76 Å². The predicted molar refractivity (Wildman–Crippen MR) is 67.8 cm³/mol. The monoisotopic (exact) mass is 234 g/mol. The van der Waals surface area contributed by atoms with Gasteiger partial charge in [0.15, 0.2) is 5.78 Å². The van der Waals surface area contributed by atoms with Crippen molar-refractivity contribution in [2.75, 3.05) is 0 Å². The van der Waals surface area contributed by atoms with Gasteiger partial charge < -0.3 is 10.2 Å². The summed E-state index contributed by atoms with van der Waals surface area (Å²) in [5, 5.41) is 19.3. The lowest BCUT2D eigenvalue weighted by Crippen LogP contribution is -1.99. The zero-order valence-electron chi connectivity index (χ0n) is 10.2. The van der Waals surface area contributed by atoms with Gasteiger partial charge in [0, 0.05) is 6.42 Å². The van der Waals surface area contributed by atoms with Gasteiger partial charge in [-0.3, -0.25) is 4.79 Å². The third-order valence-corrected chi connectivity index (χ3v) is 2.64. The highest BCUT2D eigenvalue weighted by Gasteiger charge is 2.11. The van der Waals surface area contributed by atoms with Crippen LogP contribution < -0.4 is 0 Å². The van der Waals surface area contributed by atoms with Gasteiger partial charge in [-0.15, -0.1) is 0 Å². The van der Waals surface area contributed by atoms with Crippen LogP contribution in [0.15, 0.2) is 47.0 Å². The van der Waals surface area contributed by atoms with E-state index in [2.05, 4.69) is 0 Å². The molecule has 0 unspecified atom stereocenters. The lowest BCUT2D eigenvalue weighted by atomic mass is 9.98. The molecule has 92 valence electrons. The molecule has 17 heavy (non-hydrogen) atoms. The molecule has 0 aromatic carbocycles. The fraction of sp³-hybridized carbons (Fsp3) is 0.357. The molecule has 0 spiro atoms. The van der Waals surface area contributed by atoms with Crippen molar-refractivity contribution in [3.63, 3.8) is 0 Å². The number of aliphatic hydroxyl groups excluding tert-OH is 2. The minimum Gasteiger partial charge on any atom is -0.512 e. The van der Waals surface area contributed by atoms with Gasteiger partial charge in [0.25, 0.3) is 0 Å². The Bertz CT molecular complexity index is 423. The van der Waals surface area contributed by atoms with Crippen LogP contribution in [0.5, 0.6) is 0 Å². The Kier molecular flexibility index (Phi) is 4.76. The molecule has 0 amide bonds. The maximum absolute atomic E-state index is 10.9. The number of allylic oxidation sites excluding steroid dienone is 7. The minimum atomic E-state index is -0.0427. The second kappa shape index (κ2) is 6.09. The standard InChI is InChI=1S/C14H18O3/c1-3-11(5-4-10(2)15)14(17)12-6-8-13(16)9-7-12/h4-6,8,16-17H,3,7,9H2,1-2H3. The van der Waals surface area contributed by atoms with Crippen molar-refractivity contribution in [1.29, 1.82) is 0 Å². The van der Waals surface area contributed by atoms with E-state index in [1.807, 2.05) is 6.92 Å². The summed E-state index contributed by atoms with van der Waals surface area (Å²) >= 11 is 0. The SMILES string of the molecule is CCC(C=CC(C)=O)=C(O)C1=CC=C(O)CC1. The number of ketones is 1. The fourth-order valence-electron chi connectivity index (χ4n) is 1.61. The van der Waals surface area contributed by atoms with E-state index in [1.54, 1.807) is 18.2 Å². The molecule has 0 atom stereocenters. The van der Waals surface area contributed by atoms with E-state index in [4.69, 9.17) is 0 Å². The average Bonchev–Trinajstić information content (AvgIpc) is 2.30. The van der Waals surface area contributed by atoms with Crippen molar-refractivity contribution in [3.05, 3.63) is 47.0 Å². The Morgan fingerprint density at radius 3 is 2.53 bits per heavy atom. The van der Waals surface area contributed by atoms with Gasteiger partial charge in [0.05, 0.1) is 5.76 Å². The average molecular weight is 234 g/mol. The van der Waals surface area contributed by atoms with Crippen molar-refractivity contribution in [1.82, 2.24) is 0 Å². The van der Waals surface area contributed by atoms with Crippen molar-refractivity contribution in [2.24, 2.45) is 0 Å². The van der Waals surface area contributed by atoms with E-state index in [0.717, 1.165) is 11.1 Å². The summed E-state index contributed by atoms with van der Waals surface area (Å²) in [6, 6.07) is 0. The quantitative estimate of drug-likeness (QED) is 0.444. The van der Waals surface area contributed by atoms with E-state index in [0.29, 0.717) is 25.0 Å². The molecule has 3 heteroatoms. The van der Waals surface area contributed by atoms with E-state index in [1.165, 1.54) is 13.0 Å². The van der Waals surface area contributed by atoms with Gasteiger partial charge in [-0.25, -0.2) is 0 Å². The number of aliphatic hydroxyl groups is 2. The third kappa shape index (κ3) is 3.94. The third-order valence-electron chi connectivity index (χ3n) is 2.64. The van der Waals surface area contributed by atoms with Gasteiger partial charge in [-0.05, 0) is 43.1 Å². The predicted octanol–water partition coefficient (Wildman–Crippen LogP) is 3.52. The van der Waals surface area contributed by atoms with Crippen molar-refractivity contribution >= 4 is 5.78 Å². The molecule has 2 N–H and O–H groups in total. The molecule has 0 saturated carbocycles. The van der Waals surface area contributed by atoms with Crippen LogP contribution in [0.25, 0.3) is 0 Å². The Morgan fingerprint density at radius 2 is 2.06 bits per heavy atom. The molecule has 1 aliphatic carbocycles. The molecule has 3 nitrogen and oxygen atoms in total. The first kappa shape index (κ1) is 13.3. The fourth-order valence-corrected chi connectivity index (χ4v) is 1.61. The maximum Gasteiger partial charge on any atom is 0.152 e. The first-order valence-corrected chi connectivity index (χ1v) is 5.74. The molecule has 0 aromatic heterocycles. The highest BCUT2D eigenvalue weighted by atomic mass is 16.3. The minimum absolute atomic E-state index is 0.0427. The summed E-state index contributed by atoms with van der Waals surface area (Å²) < 4.78 is 0. The molecule has 0 fully saturated rings. The molecule has 0 bridgehead atoms. The van der Waals surface area contributed by atoms with Crippen molar-refractivity contribution < 1.29 is 15.0 Å². The number of hydrogen-bond acceptors (Lipinski definition) is 3. The van der Waals surface area contributed by atoms with Crippen LogP contribution in [0.2, 0.25) is 0 Å². The molecular formula is C14H18O3. The maximum atomic E-state index is 10.9. The summed E-state index contributed by atoms with van der Waals surface area (Å²) in [4.78, 5) is 10.9.